The summed E-state index contributed by atoms with van der Waals surface area (Å²) in [5.41, 5.74) is 3.03. The van der Waals surface area contributed by atoms with Crippen molar-refractivity contribution in [1.82, 2.24) is 9.55 Å². The maximum Gasteiger partial charge on any atom is 0.207 e. The lowest BCUT2D eigenvalue weighted by Gasteiger charge is -2.11. The Hall–Kier alpha value is -1.000. The Balaban J connectivity index is 1.95. The van der Waals surface area contributed by atoms with E-state index < -0.39 is 0 Å². The first-order chi connectivity index (χ1) is 9.04. The summed E-state index contributed by atoms with van der Waals surface area (Å²) in [7, 11) is 0. The molecule has 1 saturated carbocycles. The third-order valence-corrected chi connectivity index (χ3v) is 4.35. The molecule has 100 valence electrons. The van der Waals surface area contributed by atoms with Gasteiger partial charge in [-0.1, -0.05) is 11.6 Å². The van der Waals surface area contributed by atoms with Gasteiger partial charge < -0.3 is 9.88 Å². The molecule has 5 heteroatoms. The third-order valence-electron chi connectivity index (χ3n) is 3.29. The van der Waals surface area contributed by atoms with Crippen molar-refractivity contribution in [2.45, 2.75) is 32.7 Å². The van der Waals surface area contributed by atoms with E-state index in [-0.39, 0.29) is 0 Å². The molecule has 0 unspecified atom stereocenters. The van der Waals surface area contributed by atoms with Crippen molar-refractivity contribution in [1.29, 1.82) is 0 Å². The van der Waals surface area contributed by atoms with Crippen molar-refractivity contribution >= 4 is 39.2 Å². The van der Waals surface area contributed by atoms with E-state index in [1.807, 2.05) is 26.0 Å². The Bertz CT molecular complexity index is 632. The molecule has 0 amide bonds. The largest absolute Gasteiger partial charge is 0.325 e. The number of nitrogens with one attached hydrogen (secondary N) is 1. The lowest BCUT2D eigenvalue weighted by atomic mass is 10.2. The van der Waals surface area contributed by atoms with Crippen molar-refractivity contribution < 1.29 is 0 Å². The minimum atomic E-state index is 0.600. The zero-order valence-electron chi connectivity index (χ0n) is 10.9. The van der Waals surface area contributed by atoms with Crippen LogP contribution in [0, 0.1) is 13.8 Å². The van der Waals surface area contributed by atoms with E-state index in [4.69, 9.17) is 11.6 Å². The van der Waals surface area contributed by atoms with E-state index >= 15 is 0 Å². The maximum absolute atomic E-state index is 6.18. The topological polar surface area (TPSA) is 29.9 Å². The second kappa shape index (κ2) is 4.84. The van der Waals surface area contributed by atoms with Gasteiger partial charge in [0.1, 0.15) is 0 Å². The molecule has 0 bridgehead atoms. The van der Waals surface area contributed by atoms with Crippen LogP contribution in [0.1, 0.15) is 30.1 Å². The van der Waals surface area contributed by atoms with Crippen LogP contribution in [-0.4, -0.2) is 9.55 Å². The average Bonchev–Trinajstić information content (AvgIpc) is 3.11. The lowest BCUT2D eigenvalue weighted by molar-refractivity contribution is 0.750. The fourth-order valence-electron chi connectivity index (χ4n) is 2.10. The van der Waals surface area contributed by atoms with Gasteiger partial charge in [0.2, 0.25) is 5.95 Å². The molecule has 3 nitrogen and oxygen atoms in total. The van der Waals surface area contributed by atoms with Gasteiger partial charge in [-0.25, -0.2) is 4.98 Å². The highest BCUT2D eigenvalue weighted by atomic mass is 79.9. The average molecular weight is 341 g/mol. The van der Waals surface area contributed by atoms with Crippen LogP contribution in [-0.2, 0) is 0 Å². The molecule has 1 N–H and O–H groups in total. The fourth-order valence-corrected chi connectivity index (χ4v) is 2.82. The Labute approximate surface area is 126 Å². The first-order valence-electron chi connectivity index (χ1n) is 6.33. The molecule has 1 aliphatic rings. The maximum atomic E-state index is 6.18. The highest BCUT2D eigenvalue weighted by Crippen LogP contribution is 2.39. The van der Waals surface area contributed by atoms with Crippen LogP contribution in [0.5, 0.6) is 0 Å². The standard InChI is InChI=1S/C14H15BrClN3/c1-8-5-11(15)13(6-12(8)16)18-14-17-9(2)7-19(14)10-3-4-10/h5-7,10H,3-4H2,1-2H3,(H,17,18). The van der Waals surface area contributed by atoms with Crippen LogP contribution in [0.4, 0.5) is 11.6 Å². The molecule has 0 aliphatic heterocycles. The zero-order chi connectivity index (χ0) is 13.6. The smallest absolute Gasteiger partial charge is 0.207 e. The Morgan fingerprint density at radius 1 is 1.37 bits per heavy atom. The van der Waals surface area contributed by atoms with Crippen LogP contribution >= 0.6 is 27.5 Å². The summed E-state index contributed by atoms with van der Waals surface area (Å²) in [4.78, 5) is 4.55. The van der Waals surface area contributed by atoms with Crippen LogP contribution in [0.2, 0.25) is 5.02 Å². The Morgan fingerprint density at radius 3 is 2.79 bits per heavy atom. The van der Waals surface area contributed by atoms with Gasteiger partial charge in [0.05, 0.1) is 11.4 Å². The van der Waals surface area contributed by atoms with E-state index in [2.05, 4.69) is 37.0 Å². The number of hydrogen-bond donors (Lipinski definition) is 1. The number of hydrogen-bond acceptors (Lipinski definition) is 2. The van der Waals surface area contributed by atoms with Gasteiger partial charge in [0.15, 0.2) is 0 Å². The quantitative estimate of drug-likeness (QED) is 0.852. The van der Waals surface area contributed by atoms with E-state index in [0.717, 1.165) is 32.4 Å². The van der Waals surface area contributed by atoms with E-state index in [9.17, 15) is 0 Å². The molecule has 1 heterocycles. The highest BCUT2D eigenvalue weighted by Gasteiger charge is 2.26. The van der Waals surface area contributed by atoms with Crippen LogP contribution < -0.4 is 5.32 Å². The van der Waals surface area contributed by atoms with Gasteiger partial charge in [0.25, 0.3) is 0 Å². The minimum absolute atomic E-state index is 0.600. The van der Waals surface area contributed by atoms with Crippen LogP contribution in [0.3, 0.4) is 0 Å². The van der Waals surface area contributed by atoms with Gasteiger partial charge in [-0.15, -0.1) is 0 Å². The zero-order valence-corrected chi connectivity index (χ0v) is 13.2. The Kier molecular flexibility index (Phi) is 3.31. The molecular formula is C14H15BrClN3. The van der Waals surface area contributed by atoms with Crippen molar-refractivity contribution in [3.05, 3.63) is 39.1 Å². The SMILES string of the molecule is Cc1cn(C2CC2)c(Nc2cc(Cl)c(C)cc2Br)n1. The molecular weight excluding hydrogens is 326 g/mol. The molecule has 1 aliphatic carbocycles. The lowest BCUT2D eigenvalue weighted by Crippen LogP contribution is -2.02. The van der Waals surface area contributed by atoms with E-state index in [1.54, 1.807) is 0 Å². The summed E-state index contributed by atoms with van der Waals surface area (Å²) in [6.45, 7) is 4.01. The molecule has 0 atom stereocenters. The first-order valence-corrected chi connectivity index (χ1v) is 7.50. The molecule has 0 saturated heterocycles. The van der Waals surface area contributed by atoms with Gasteiger partial charge in [-0.05, 0) is 60.3 Å². The molecule has 1 aromatic heterocycles. The van der Waals surface area contributed by atoms with Crippen molar-refractivity contribution in [3.8, 4) is 0 Å². The van der Waals surface area contributed by atoms with E-state index in [0.29, 0.717) is 6.04 Å². The van der Waals surface area contributed by atoms with Gasteiger partial charge >= 0.3 is 0 Å². The summed E-state index contributed by atoms with van der Waals surface area (Å²) in [5.74, 6) is 0.889. The van der Waals surface area contributed by atoms with Gasteiger partial charge in [-0.2, -0.15) is 0 Å². The van der Waals surface area contributed by atoms with Crippen molar-refractivity contribution in [3.63, 3.8) is 0 Å². The predicted octanol–water partition coefficient (Wildman–Crippen LogP) is 4.99. The summed E-state index contributed by atoms with van der Waals surface area (Å²) in [6.07, 6.45) is 4.57. The summed E-state index contributed by atoms with van der Waals surface area (Å²) >= 11 is 9.75. The minimum Gasteiger partial charge on any atom is -0.325 e. The third kappa shape index (κ3) is 2.65. The predicted molar refractivity (Wildman–Crippen MR) is 82.4 cm³/mol. The van der Waals surface area contributed by atoms with Crippen LogP contribution in [0.15, 0.2) is 22.8 Å². The van der Waals surface area contributed by atoms with Crippen molar-refractivity contribution in [2.75, 3.05) is 5.32 Å². The fraction of sp³-hybridized carbons (Fsp3) is 0.357. The first kappa shape index (κ1) is 13.0. The molecule has 1 aromatic carbocycles. The van der Waals surface area contributed by atoms with Crippen molar-refractivity contribution in [2.24, 2.45) is 0 Å². The molecule has 3 rings (SSSR count). The number of rotatable bonds is 3. The van der Waals surface area contributed by atoms with Crippen LogP contribution in [0.25, 0.3) is 0 Å². The number of nitrogens with zero attached hydrogens (tertiary/aromatic N) is 2. The summed E-state index contributed by atoms with van der Waals surface area (Å²) in [6, 6.07) is 4.55. The van der Waals surface area contributed by atoms with E-state index in [1.165, 1.54) is 12.8 Å². The second-order valence-electron chi connectivity index (χ2n) is 5.05. The number of benzene rings is 1. The molecule has 1 fully saturated rings. The Morgan fingerprint density at radius 2 is 2.11 bits per heavy atom. The molecule has 0 spiro atoms. The number of anilines is 2. The van der Waals surface area contributed by atoms with Gasteiger partial charge in [0, 0.05) is 21.7 Å². The second-order valence-corrected chi connectivity index (χ2v) is 6.31. The normalized spacial score (nSPS) is 14.7. The molecule has 19 heavy (non-hydrogen) atoms. The monoisotopic (exact) mass is 339 g/mol. The number of halogens is 2. The molecule has 0 radical (unpaired) electrons. The number of imidazole rings is 1. The number of aromatic nitrogens is 2. The van der Waals surface area contributed by atoms with Gasteiger partial charge in [-0.3, -0.25) is 0 Å². The highest BCUT2D eigenvalue weighted by molar-refractivity contribution is 9.10. The summed E-state index contributed by atoms with van der Waals surface area (Å²) in [5, 5.41) is 4.13. The molecule has 2 aromatic rings. The summed E-state index contributed by atoms with van der Waals surface area (Å²) < 4.78 is 3.22. The number of aryl methyl sites for hydroxylation is 2.